The van der Waals surface area contributed by atoms with Crippen molar-refractivity contribution in [3.8, 4) is 0 Å². The molecule has 17 heavy (non-hydrogen) atoms. The first-order valence-corrected chi connectivity index (χ1v) is 6.30. The Morgan fingerprint density at radius 3 is 3.41 bits per heavy atom. The van der Waals surface area contributed by atoms with Gasteiger partial charge in [-0.25, -0.2) is 4.98 Å². The van der Waals surface area contributed by atoms with Gasteiger partial charge in [0.15, 0.2) is 4.96 Å². The number of imidazole rings is 1. The standard InChI is InChI=1S/C11H12N4OS/c16-10(9-2-1-3-12-9)13-6-8-7-15-4-5-17-11(15)14-8/h1-2,4-5,7,9,12H,3,6H2,(H,13,16)/t9-/m0/s1. The highest BCUT2D eigenvalue weighted by Crippen LogP contribution is 2.11. The second-order valence-corrected chi connectivity index (χ2v) is 4.73. The van der Waals surface area contributed by atoms with Crippen LogP contribution in [-0.4, -0.2) is 27.9 Å². The topological polar surface area (TPSA) is 58.4 Å². The minimum Gasteiger partial charge on any atom is -0.349 e. The summed E-state index contributed by atoms with van der Waals surface area (Å²) in [6.07, 6.45) is 7.72. The van der Waals surface area contributed by atoms with E-state index in [2.05, 4.69) is 15.6 Å². The maximum Gasteiger partial charge on any atom is 0.241 e. The summed E-state index contributed by atoms with van der Waals surface area (Å²) < 4.78 is 1.96. The average molecular weight is 248 g/mol. The molecule has 1 atom stereocenters. The lowest BCUT2D eigenvalue weighted by molar-refractivity contribution is -0.122. The number of aromatic nitrogens is 2. The number of thiazole rings is 1. The van der Waals surface area contributed by atoms with Gasteiger partial charge in [-0.3, -0.25) is 14.5 Å². The van der Waals surface area contributed by atoms with E-state index in [-0.39, 0.29) is 11.9 Å². The SMILES string of the molecule is O=C(NCc1cn2ccsc2n1)[C@@H]1C=CCN1. The van der Waals surface area contributed by atoms with Crippen molar-refractivity contribution in [3.05, 3.63) is 35.6 Å². The summed E-state index contributed by atoms with van der Waals surface area (Å²) in [5.74, 6) is -0.00453. The van der Waals surface area contributed by atoms with Crippen molar-refractivity contribution >= 4 is 22.2 Å². The Balaban J connectivity index is 1.62. The second-order valence-electron chi connectivity index (χ2n) is 3.86. The Morgan fingerprint density at radius 1 is 1.71 bits per heavy atom. The van der Waals surface area contributed by atoms with E-state index in [1.807, 2.05) is 34.3 Å². The highest BCUT2D eigenvalue weighted by molar-refractivity contribution is 7.15. The van der Waals surface area contributed by atoms with Crippen LogP contribution in [0.2, 0.25) is 0 Å². The normalized spacial score (nSPS) is 18.9. The molecule has 0 aliphatic carbocycles. The molecule has 88 valence electrons. The Kier molecular flexibility index (Phi) is 2.66. The van der Waals surface area contributed by atoms with E-state index in [0.717, 1.165) is 17.2 Å². The summed E-state index contributed by atoms with van der Waals surface area (Å²) in [4.78, 5) is 17.1. The smallest absolute Gasteiger partial charge is 0.241 e. The Bertz CT molecular complexity index is 542. The molecule has 0 saturated carbocycles. The first-order chi connectivity index (χ1) is 8.33. The predicted molar refractivity (Wildman–Crippen MR) is 65.8 cm³/mol. The second kappa shape index (κ2) is 4.31. The average Bonchev–Trinajstić information content (AvgIpc) is 3.01. The molecule has 6 heteroatoms. The third-order valence-corrected chi connectivity index (χ3v) is 3.42. The van der Waals surface area contributed by atoms with E-state index < -0.39 is 0 Å². The molecule has 0 radical (unpaired) electrons. The van der Waals surface area contributed by atoms with E-state index in [9.17, 15) is 4.79 Å². The van der Waals surface area contributed by atoms with Gasteiger partial charge in [-0.1, -0.05) is 12.2 Å². The number of hydrogen-bond donors (Lipinski definition) is 2. The first-order valence-electron chi connectivity index (χ1n) is 5.42. The van der Waals surface area contributed by atoms with Crippen LogP contribution in [0.25, 0.3) is 4.96 Å². The molecule has 1 amide bonds. The van der Waals surface area contributed by atoms with E-state index >= 15 is 0 Å². The number of nitrogens with one attached hydrogen (secondary N) is 2. The van der Waals surface area contributed by atoms with Gasteiger partial charge in [0.1, 0.15) is 6.04 Å². The third kappa shape index (κ3) is 2.09. The molecule has 0 aromatic carbocycles. The number of hydrogen-bond acceptors (Lipinski definition) is 4. The number of carbonyl (C=O) groups excluding carboxylic acids is 1. The van der Waals surface area contributed by atoms with Crippen LogP contribution in [0.15, 0.2) is 29.9 Å². The van der Waals surface area contributed by atoms with Gasteiger partial charge in [-0.05, 0) is 0 Å². The third-order valence-electron chi connectivity index (χ3n) is 2.65. The summed E-state index contributed by atoms with van der Waals surface area (Å²) in [6.45, 7) is 1.23. The monoisotopic (exact) mass is 248 g/mol. The van der Waals surface area contributed by atoms with Gasteiger partial charge in [0.2, 0.25) is 5.91 Å². The molecule has 2 aromatic heterocycles. The van der Waals surface area contributed by atoms with Crippen LogP contribution in [0.3, 0.4) is 0 Å². The van der Waals surface area contributed by atoms with Crippen LogP contribution in [0.4, 0.5) is 0 Å². The summed E-state index contributed by atoms with van der Waals surface area (Å²) in [6, 6.07) is -0.196. The quantitative estimate of drug-likeness (QED) is 0.779. The van der Waals surface area contributed by atoms with Crippen LogP contribution >= 0.6 is 11.3 Å². The maximum atomic E-state index is 11.7. The van der Waals surface area contributed by atoms with E-state index in [1.165, 1.54) is 0 Å². The number of rotatable bonds is 3. The Labute approximate surface area is 102 Å². The van der Waals surface area contributed by atoms with Gasteiger partial charge in [0.05, 0.1) is 12.2 Å². The maximum absolute atomic E-state index is 11.7. The van der Waals surface area contributed by atoms with Crippen molar-refractivity contribution in [1.29, 1.82) is 0 Å². The molecule has 1 aliphatic rings. The molecule has 3 heterocycles. The van der Waals surface area contributed by atoms with E-state index in [4.69, 9.17) is 0 Å². The van der Waals surface area contributed by atoms with Crippen molar-refractivity contribution in [2.45, 2.75) is 12.6 Å². The lowest BCUT2D eigenvalue weighted by Gasteiger charge is -2.08. The number of amides is 1. The van der Waals surface area contributed by atoms with Crippen LogP contribution < -0.4 is 10.6 Å². The molecular weight excluding hydrogens is 236 g/mol. The number of fused-ring (bicyclic) bond motifs is 1. The molecule has 0 unspecified atom stereocenters. The van der Waals surface area contributed by atoms with Gasteiger partial charge in [-0.2, -0.15) is 0 Å². The minimum absolute atomic E-state index is 0.00453. The zero-order valence-electron chi connectivity index (χ0n) is 9.09. The van der Waals surface area contributed by atoms with Gasteiger partial charge in [0, 0.05) is 24.3 Å². The van der Waals surface area contributed by atoms with Gasteiger partial charge in [-0.15, -0.1) is 11.3 Å². The zero-order chi connectivity index (χ0) is 11.7. The van der Waals surface area contributed by atoms with Crippen LogP contribution in [0.1, 0.15) is 5.69 Å². The summed E-state index contributed by atoms with van der Waals surface area (Å²) >= 11 is 1.58. The number of nitrogens with zero attached hydrogens (tertiary/aromatic N) is 2. The molecule has 0 saturated heterocycles. The van der Waals surface area contributed by atoms with Crippen LogP contribution in [0.5, 0.6) is 0 Å². The fraction of sp³-hybridized carbons (Fsp3) is 0.273. The highest BCUT2D eigenvalue weighted by Gasteiger charge is 2.17. The molecule has 0 spiro atoms. The summed E-state index contributed by atoms with van der Waals surface area (Å²) in [5, 5.41) is 7.92. The molecule has 5 nitrogen and oxygen atoms in total. The van der Waals surface area contributed by atoms with Gasteiger partial charge < -0.3 is 5.32 Å². The fourth-order valence-electron chi connectivity index (χ4n) is 1.80. The number of carbonyl (C=O) groups is 1. The van der Waals surface area contributed by atoms with Crippen molar-refractivity contribution in [1.82, 2.24) is 20.0 Å². The van der Waals surface area contributed by atoms with Crippen LogP contribution in [-0.2, 0) is 11.3 Å². The largest absolute Gasteiger partial charge is 0.349 e. The van der Waals surface area contributed by atoms with Crippen LogP contribution in [0, 0.1) is 0 Å². The Morgan fingerprint density at radius 2 is 2.65 bits per heavy atom. The zero-order valence-corrected chi connectivity index (χ0v) is 9.91. The molecule has 1 aliphatic heterocycles. The lowest BCUT2D eigenvalue weighted by atomic mass is 10.3. The summed E-state index contributed by atoms with van der Waals surface area (Å²) in [5.41, 5.74) is 0.882. The molecule has 0 bridgehead atoms. The van der Waals surface area contributed by atoms with E-state index in [1.54, 1.807) is 11.3 Å². The lowest BCUT2D eigenvalue weighted by Crippen LogP contribution is -2.40. The fourth-order valence-corrected chi connectivity index (χ4v) is 2.52. The molecule has 2 N–H and O–H groups in total. The molecule has 3 rings (SSSR count). The predicted octanol–water partition coefficient (Wildman–Crippen LogP) is 0.540. The van der Waals surface area contributed by atoms with Crippen molar-refractivity contribution in [2.75, 3.05) is 6.54 Å². The minimum atomic E-state index is -0.196. The molecule has 0 fully saturated rings. The van der Waals surface area contributed by atoms with Gasteiger partial charge >= 0.3 is 0 Å². The van der Waals surface area contributed by atoms with Crippen molar-refractivity contribution in [2.24, 2.45) is 0 Å². The van der Waals surface area contributed by atoms with Crippen molar-refractivity contribution in [3.63, 3.8) is 0 Å². The highest BCUT2D eigenvalue weighted by atomic mass is 32.1. The molecule has 2 aromatic rings. The summed E-state index contributed by atoms with van der Waals surface area (Å²) in [7, 11) is 0. The molecular formula is C11H12N4OS. The van der Waals surface area contributed by atoms with E-state index in [0.29, 0.717) is 6.54 Å². The first kappa shape index (κ1) is 10.5. The van der Waals surface area contributed by atoms with Crippen molar-refractivity contribution < 1.29 is 4.79 Å². The van der Waals surface area contributed by atoms with Gasteiger partial charge in [0.25, 0.3) is 0 Å². The Hall–Kier alpha value is -1.66.